The molecule has 0 amide bonds. The van der Waals surface area contributed by atoms with Crippen molar-refractivity contribution in [2.24, 2.45) is 0 Å². The van der Waals surface area contributed by atoms with E-state index < -0.39 is 10.9 Å². The second-order valence-corrected chi connectivity index (χ2v) is 5.85. The minimum absolute atomic E-state index is 0.255. The van der Waals surface area contributed by atoms with Gasteiger partial charge in [0.25, 0.3) is 10.9 Å². The number of nitrogens with one attached hydrogen (secondary N) is 2. The molecule has 0 aliphatic rings. The molecule has 3 N–H and O–H groups in total. The van der Waals surface area contributed by atoms with Crippen LogP contribution in [0.5, 0.6) is 0 Å². The molecule has 2 aromatic rings. The summed E-state index contributed by atoms with van der Waals surface area (Å²) in [5.74, 6) is 0.255. The van der Waals surface area contributed by atoms with Crippen LogP contribution < -0.4 is 21.5 Å². The van der Waals surface area contributed by atoms with Gasteiger partial charge in [-0.2, -0.15) is 0 Å². The molecule has 5 nitrogen and oxygen atoms in total. The van der Waals surface area contributed by atoms with Gasteiger partial charge in [0.15, 0.2) is 0 Å². The largest absolute Gasteiger partial charge is 0.512 e. The fourth-order valence-corrected chi connectivity index (χ4v) is 2.16. The second kappa shape index (κ2) is 8.15. The Balaban J connectivity index is 2.05. The lowest BCUT2D eigenvalue weighted by molar-refractivity contribution is 0.409. The minimum Gasteiger partial charge on any atom is -0.512 e. The first-order valence-electron chi connectivity index (χ1n) is 7.99. The van der Waals surface area contributed by atoms with Crippen molar-refractivity contribution in [3.63, 3.8) is 0 Å². The summed E-state index contributed by atoms with van der Waals surface area (Å²) in [7, 11) is 0. The van der Waals surface area contributed by atoms with Crippen LogP contribution >= 0.6 is 0 Å². The van der Waals surface area contributed by atoms with Crippen molar-refractivity contribution < 1.29 is 5.11 Å². The second-order valence-electron chi connectivity index (χ2n) is 5.85. The monoisotopic (exact) mass is 338 g/mol. The Kier molecular flexibility index (Phi) is 5.95. The maximum Gasteiger partial charge on any atom is 0.253 e. The Labute approximate surface area is 146 Å². The first kappa shape index (κ1) is 18.3. The van der Waals surface area contributed by atoms with E-state index in [0.29, 0.717) is 12.2 Å². The molecule has 0 saturated carbocycles. The molecule has 0 unspecified atom stereocenters. The number of aliphatic hydroxyl groups is 1. The fourth-order valence-electron chi connectivity index (χ4n) is 2.16. The third-order valence-corrected chi connectivity index (χ3v) is 3.81. The lowest BCUT2D eigenvalue weighted by Crippen LogP contribution is -2.37. The molecule has 0 radical (unpaired) electrons. The SMILES string of the molecule is C\C(=C/C=C\C(C)=C(/C)O)Nc1c(NCc2ccccc2)c(=O)c1=O. The molecule has 0 aliphatic carbocycles. The van der Waals surface area contributed by atoms with Crippen LogP contribution in [0.4, 0.5) is 11.4 Å². The van der Waals surface area contributed by atoms with Crippen molar-refractivity contribution in [2.45, 2.75) is 27.3 Å². The molecule has 0 aromatic heterocycles. The van der Waals surface area contributed by atoms with Gasteiger partial charge in [0.1, 0.15) is 11.4 Å². The van der Waals surface area contributed by atoms with E-state index in [-0.39, 0.29) is 11.4 Å². The van der Waals surface area contributed by atoms with Crippen LogP contribution in [-0.2, 0) is 6.54 Å². The van der Waals surface area contributed by atoms with Gasteiger partial charge < -0.3 is 15.7 Å². The van der Waals surface area contributed by atoms with Crippen LogP contribution in [-0.4, -0.2) is 5.11 Å². The van der Waals surface area contributed by atoms with E-state index in [0.717, 1.165) is 16.8 Å². The highest BCUT2D eigenvalue weighted by molar-refractivity contribution is 5.75. The third kappa shape index (κ3) is 4.70. The van der Waals surface area contributed by atoms with E-state index in [1.807, 2.05) is 30.3 Å². The highest BCUT2D eigenvalue weighted by Crippen LogP contribution is 2.17. The average Bonchev–Trinajstić information content (AvgIpc) is 2.61. The van der Waals surface area contributed by atoms with Gasteiger partial charge in [-0.05, 0) is 38.0 Å². The Morgan fingerprint density at radius 3 is 2.32 bits per heavy atom. The van der Waals surface area contributed by atoms with E-state index in [4.69, 9.17) is 0 Å². The van der Waals surface area contributed by atoms with Gasteiger partial charge >= 0.3 is 0 Å². The highest BCUT2D eigenvalue weighted by atomic mass is 16.3. The summed E-state index contributed by atoms with van der Waals surface area (Å²) in [5, 5.41) is 15.3. The first-order valence-corrected chi connectivity index (χ1v) is 7.99. The van der Waals surface area contributed by atoms with Crippen LogP contribution in [0.2, 0.25) is 0 Å². The molecule has 2 rings (SSSR count). The lowest BCUT2D eigenvalue weighted by Gasteiger charge is -2.15. The van der Waals surface area contributed by atoms with Crippen LogP contribution in [0.25, 0.3) is 0 Å². The number of hydrogen-bond acceptors (Lipinski definition) is 5. The van der Waals surface area contributed by atoms with Crippen molar-refractivity contribution in [2.75, 3.05) is 10.6 Å². The summed E-state index contributed by atoms with van der Waals surface area (Å²) in [6, 6.07) is 9.65. The van der Waals surface area contributed by atoms with Gasteiger partial charge in [0.2, 0.25) is 0 Å². The zero-order valence-electron chi connectivity index (χ0n) is 14.6. The van der Waals surface area contributed by atoms with Gasteiger partial charge in [-0.3, -0.25) is 9.59 Å². The van der Waals surface area contributed by atoms with Gasteiger partial charge in [-0.25, -0.2) is 0 Å². The number of benzene rings is 1. The number of rotatable bonds is 7. The van der Waals surface area contributed by atoms with E-state index >= 15 is 0 Å². The third-order valence-electron chi connectivity index (χ3n) is 3.81. The quantitative estimate of drug-likeness (QED) is 0.408. The Bertz CT molecular complexity index is 895. The van der Waals surface area contributed by atoms with Crippen molar-refractivity contribution in [3.8, 4) is 0 Å². The molecule has 0 aliphatic heterocycles. The normalized spacial score (nSPS) is 13.2. The molecular weight excluding hydrogens is 316 g/mol. The van der Waals surface area contributed by atoms with Crippen molar-refractivity contribution in [3.05, 3.63) is 91.6 Å². The molecule has 5 heteroatoms. The van der Waals surface area contributed by atoms with Crippen LogP contribution in [0.15, 0.2) is 75.2 Å². The van der Waals surface area contributed by atoms with Crippen molar-refractivity contribution >= 4 is 11.4 Å². The summed E-state index contributed by atoms with van der Waals surface area (Å²) < 4.78 is 0. The molecule has 0 atom stereocenters. The molecular formula is C20H22N2O3. The van der Waals surface area contributed by atoms with Gasteiger partial charge in [0.05, 0.1) is 5.76 Å². The Morgan fingerprint density at radius 2 is 1.68 bits per heavy atom. The topological polar surface area (TPSA) is 78.4 Å². The van der Waals surface area contributed by atoms with Crippen LogP contribution in [0.3, 0.4) is 0 Å². The van der Waals surface area contributed by atoms with E-state index in [1.165, 1.54) is 0 Å². The van der Waals surface area contributed by atoms with Gasteiger partial charge in [0, 0.05) is 12.2 Å². The summed E-state index contributed by atoms with van der Waals surface area (Å²) in [5.41, 5.74) is 2.07. The molecule has 0 heterocycles. The zero-order valence-corrected chi connectivity index (χ0v) is 14.6. The summed E-state index contributed by atoms with van der Waals surface area (Å²) in [6.45, 7) is 5.68. The van der Waals surface area contributed by atoms with Crippen molar-refractivity contribution in [1.29, 1.82) is 0 Å². The van der Waals surface area contributed by atoms with Crippen LogP contribution in [0, 0.1) is 0 Å². The molecule has 0 bridgehead atoms. The predicted octanol–water partition coefficient (Wildman–Crippen LogP) is 3.62. The molecule has 25 heavy (non-hydrogen) atoms. The van der Waals surface area contributed by atoms with Crippen LogP contribution in [0.1, 0.15) is 26.3 Å². The molecule has 130 valence electrons. The number of allylic oxidation sites excluding steroid dienone is 6. The molecule has 0 saturated heterocycles. The molecule has 2 aromatic carbocycles. The average molecular weight is 338 g/mol. The van der Waals surface area contributed by atoms with Gasteiger partial charge in [-0.1, -0.05) is 42.5 Å². The van der Waals surface area contributed by atoms with Gasteiger partial charge in [-0.15, -0.1) is 0 Å². The first-order chi connectivity index (χ1) is 11.9. The summed E-state index contributed by atoms with van der Waals surface area (Å²) >= 11 is 0. The van der Waals surface area contributed by atoms with E-state index in [1.54, 1.807) is 39.0 Å². The Morgan fingerprint density at radius 1 is 1.04 bits per heavy atom. The zero-order chi connectivity index (χ0) is 18.4. The Hall–Kier alpha value is -3.08. The highest BCUT2D eigenvalue weighted by Gasteiger charge is 2.20. The maximum atomic E-state index is 11.8. The number of anilines is 2. The van der Waals surface area contributed by atoms with E-state index in [9.17, 15) is 14.7 Å². The minimum atomic E-state index is -0.519. The number of hydrogen-bond donors (Lipinski definition) is 3. The predicted molar refractivity (Wildman–Crippen MR) is 103 cm³/mol. The molecule has 0 fully saturated rings. The maximum absolute atomic E-state index is 11.8. The smallest absolute Gasteiger partial charge is 0.253 e. The lowest BCUT2D eigenvalue weighted by atomic mass is 10.1. The van der Waals surface area contributed by atoms with Crippen molar-refractivity contribution in [1.82, 2.24) is 0 Å². The number of aliphatic hydroxyl groups excluding tert-OH is 1. The molecule has 0 spiro atoms. The summed E-state index contributed by atoms with van der Waals surface area (Å²) in [6.07, 6.45) is 5.29. The van der Waals surface area contributed by atoms with E-state index in [2.05, 4.69) is 10.6 Å². The standard InChI is InChI=1S/C20H22N2O3/c1-13(15(3)23)8-7-9-14(2)22-18-17(19(24)20(18)25)21-12-16-10-5-4-6-11-16/h4-11,21-23H,12H2,1-3H3/b8-7-,14-9+,15-13+. The summed E-state index contributed by atoms with van der Waals surface area (Å²) in [4.78, 5) is 23.6. The fraction of sp³-hybridized carbons (Fsp3) is 0.200.